The summed E-state index contributed by atoms with van der Waals surface area (Å²) in [5.41, 5.74) is 1.96. The molecule has 1 aromatic carbocycles. The molecule has 1 aliphatic heterocycles. The minimum absolute atomic E-state index is 0.0367. The number of hydrogen-bond acceptors (Lipinski definition) is 4. The summed E-state index contributed by atoms with van der Waals surface area (Å²) in [4.78, 5) is 11.2. The zero-order valence-corrected chi connectivity index (χ0v) is 10.1. The van der Waals surface area contributed by atoms with E-state index < -0.39 is 12.0 Å². The SMILES string of the molecule is COc1ccc2c(c1)[C@@H]1C=CC[C@H]1[C@H](C(=O)[O-])N2. The van der Waals surface area contributed by atoms with Gasteiger partial charge in [-0.25, -0.2) is 0 Å². The number of carbonyl (C=O) groups excluding carboxylic acids is 1. The molecule has 0 saturated heterocycles. The highest BCUT2D eigenvalue weighted by Crippen LogP contribution is 2.45. The van der Waals surface area contributed by atoms with Gasteiger partial charge in [0.25, 0.3) is 0 Å². The van der Waals surface area contributed by atoms with Crippen molar-refractivity contribution in [1.82, 2.24) is 0 Å². The van der Waals surface area contributed by atoms with E-state index in [1.54, 1.807) is 7.11 Å². The average Bonchev–Trinajstić information content (AvgIpc) is 2.86. The fourth-order valence-corrected chi connectivity index (χ4v) is 2.93. The van der Waals surface area contributed by atoms with Crippen LogP contribution in [0.2, 0.25) is 0 Å². The molecule has 0 spiro atoms. The predicted octanol–water partition coefficient (Wildman–Crippen LogP) is 0.899. The number of carboxylic acids is 1. The Morgan fingerprint density at radius 1 is 1.50 bits per heavy atom. The minimum atomic E-state index is -1.03. The number of nitrogens with one attached hydrogen (secondary N) is 1. The molecule has 0 amide bonds. The topological polar surface area (TPSA) is 61.4 Å². The summed E-state index contributed by atoms with van der Waals surface area (Å²) in [6, 6.07) is 5.05. The molecule has 4 nitrogen and oxygen atoms in total. The maximum atomic E-state index is 11.2. The van der Waals surface area contributed by atoms with Crippen LogP contribution >= 0.6 is 0 Å². The minimum Gasteiger partial charge on any atom is -0.548 e. The fraction of sp³-hybridized carbons (Fsp3) is 0.357. The van der Waals surface area contributed by atoms with Crippen molar-refractivity contribution in [3.05, 3.63) is 35.9 Å². The molecule has 1 aliphatic carbocycles. The van der Waals surface area contributed by atoms with Gasteiger partial charge < -0.3 is 20.0 Å². The number of carboxylic acid groups (broad SMARTS) is 1. The van der Waals surface area contributed by atoms with Crippen molar-refractivity contribution in [2.45, 2.75) is 18.4 Å². The molecule has 4 heteroatoms. The molecule has 0 saturated carbocycles. The van der Waals surface area contributed by atoms with Gasteiger partial charge in [-0.05, 0) is 36.1 Å². The Morgan fingerprint density at radius 3 is 3.06 bits per heavy atom. The molecule has 2 aliphatic rings. The van der Waals surface area contributed by atoms with Crippen molar-refractivity contribution in [2.24, 2.45) is 5.92 Å². The number of fused-ring (bicyclic) bond motifs is 3. The average molecular weight is 244 g/mol. The normalized spacial score (nSPS) is 28.2. The lowest BCUT2D eigenvalue weighted by Crippen LogP contribution is -2.48. The maximum Gasteiger partial charge on any atom is 0.119 e. The summed E-state index contributed by atoms with van der Waals surface area (Å²) >= 11 is 0. The third kappa shape index (κ3) is 1.56. The first-order chi connectivity index (χ1) is 8.70. The smallest absolute Gasteiger partial charge is 0.119 e. The highest BCUT2D eigenvalue weighted by Gasteiger charge is 2.37. The predicted molar refractivity (Wildman–Crippen MR) is 65.4 cm³/mol. The van der Waals surface area contributed by atoms with Crippen LogP contribution in [-0.2, 0) is 4.79 Å². The van der Waals surface area contributed by atoms with Crippen LogP contribution in [0.4, 0.5) is 5.69 Å². The number of benzene rings is 1. The largest absolute Gasteiger partial charge is 0.548 e. The van der Waals surface area contributed by atoms with Gasteiger partial charge in [0.15, 0.2) is 0 Å². The van der Waals surface area contributed by atoms with Crippen molar-refractivity contribution in [2.75, 3.05) is 12.4 Å². The number of aliphatic carboxylic acids is 1. The number of anilines is 1. The van der Waals surface area contributed by atoms with Gasteiger partial charge in [-0.15, -0.1) is 0 Å². The molecule has 1 N–H and O–H groups in total. The van der Waals surface area contributed by atoms with Crippen LogP contribution in [0.5, 0.6) is 5.75 Å². The van der Waals surface area contributed by atoms with Gasteiger partial charge in [0, 0.05) is 11.6 Å². The quantitative estimate of drug-likeness (QED) is 0.785. The molecule has 0 unspecified atom stereocenters. The highest BCUT2D eigenvalue weighted by atomic mass is 16.5. The Bertz CT molecular complexity index is 524. The third-order valence-corrected chi connectivity index (χ3v) is 3.82. The molecule has 0 aromatic heterocycles. The fourth-order valence-electron chi connectivity index (χ4n) is 2.93. The zero-order valence-electron chi connectivity index (χ0n) is 10.1. The lowest BCUT2D eigenvalue weighted by molar-refractivity contribution is -0.308. The van der Waals surface area contributed by atoms with Crippen LogP contribution in [0.1, 0.15) is 17.9 Å². The molecule has 1 aromatic rings. The van der Waals surface area contributed by atoms with E-state index in [-0.39, 0.29) is 11.8 Å². The van der Waals surface area contributed by atoms with Crippen molar-refractivity contribution in [1.29, 1.82) is 0 Å². The van der Waals surface area contributed by atoms with Crippen LogP contribution < -0.4 is 15.2 Å². The highest BCUT2D eigenvalue weighted by molar-refractivity contribution is 5.79. The monoisotopic (exact) mass is 244 g/mol. The van der Waals surface area contributed by atoms with Gasteiger partial charge in [-0.2, -0.15) is 0 Å². The Morgan fingerprint density at radius 2 is 2.33 bits per heavy atom. The van der Waals surface area contributed by atoms with Crippen LogP contribution in [0, 0.1) is 5.92 Å². The van der Waals surface area contributed by atoms with Gasteiger partial charge in [0.1, 0.15) is 5.75 Å². The van der Waals surface area contributed by atoms with E-state index in [0.717, 1.165) is 23.4 Å². The molecule has 94 valence electrons. The van der Waals surface area contributed by atoms with E-state index in [1.807, 2.05) is 24.3 Å². The van der Waals surface area contributed by atoms with Gasteiger partial charge in [0.05, 0.1) is 19.1 Å². The number of allylic oxidation sites excluding steroid dienone is 2. The lowest BCUT2D eigenvalue weighted by Gasteiger charge is -2.37. The summed E-state index contributed by atoms with van der Waals surface area (Å²) in [5.74, 6) is -0.0643. The summed E-state index contributed by atoms with van der Waals surface area (Å²) in [5, 5.41) is 14.3. The zero-order chi connectivity index (χ0) is 12.7. The van der Waals surface area contributed by atoms with Crippen LogP contribution in [0.3, 0.4) is 0 Å². The number of carbonyl (C=O) groups is 1. The van der Waals surface area contributed by atoms with E-state index in [0.29, 0.717) is 0 Å². The molecule has 1 heterocycles. The number of rotatable bonds is 2. The number of hydrogen-bond donors (Lipinski definition) is 1. The van der Waals surface area contributed by atoms with E-state index in [9.17, 15) is 9.90 Å². The molecular weight excluding hydrogens is 230 g/mol. The first-order valence-electron chi connectivity index (χ1n) is 6.02. The second-order valence-electron chi connectivity index (χ2n) is 4.75. The Kier molecular flexibility index (Phi) is 2.51. The lowest BCUT2D eigenvalue weighted by atomic mass is 9.79. The maximum absolute atomic E-state index is 11.2. The number of methoxy groups -OCH3 is 1. The van der Waals surface area contributed by atoms with Crippen molar-refractivity contribution >= 4 is 11.7 Å². The van der Waals surface area contributed by atoms with Crippen LogP contribution in [0.15, 0.2) is 30.4 Å². The van der Waals surface area contributed by atoms with Crippen molar-refractivity contribution in [3.63, 3.8) is 0 Å². The Hall–Kier alpha value is -1.97. The van der Waals surface area contributed by atoms with Crippen molar-refractivity contribution in [3.8, 4) is 5.75 Å². The second kappa shape index (κ2) is 4.05. The first kappa shape index (κ1) is 11.1. The summed E-state index contributed by atoms with van der Waals surface area (Å²) < 4.78 is 5.22. The molecule has 3 atom stereocenters. The molecule has 0 bridgehead atoms. The van der Waals surface area contributed by atoms with Gasteiger partial charge in [-0.1, -0.05) is 12.2 Å². The van der Waals surface area contributed by atoms with Gasteiger partial charge in [-0.3, -0.25) is 0 Å². The molecule has 18 heavy (non-hydrogen) atoms. The summed E-state index contributed by atoms with van der Waals surface area (Å²) in [6.07, 6.45) is 4.90. The Labute approximate surface area is 105 Å². The standard InChI is InChI=1S/C14H15NO3/c1-18-8-5-6-12-11(7-8)9-3-2-4-10(9)13(15-12)14(16)17/h2-3,5-7,9-10,13,15H,4H2,1H3,(H,16,17)/p-1/t9-,10-,13-/m1/s1. The second-order valence-corrected chi connectivity index (χ2v) is 4.75. The first-order valence-corrected chi connectivity index (χ1v) is 6.02. The third-order valence-electron chi connectivity index (χ3n) is 3.82. The van der Waals surface area contributed by atoms with E-state index >= 15 is 0 Å². The molecule has 0 radical (unpaired) electrons. The molecule has 0 fully saturated rings. The van der Waals surface area contributed by atoms with E-state index in [1.165, 1.54) is 0 Å². The van der Waals surface area contributed by atoms with Crippen LogP contribution in [-0.4, -0.2) is 19.1 Å². The summed E-state index contributed by atoms with van der Waals surface area (Å²) in [6.45, 7) is 0. The van der Waals surface area contributed by atoms with Crippen molar-refractivity contribution < 1.29 is 14.6 Å². The summed E-state index contributed by atoms with van der Waals surface area (Å²) in [7, 11) is 1.63. The van der Waals surface area contributed by atoms with E-state index in [4.69, 9.17) is 4.74 Å². The van der Waals surface area contributed by atoms with Crippen LogP contribution in [0.25, 0.3) is 0 Å². The van der Waals surface area contributed by atoms with E-state index in [2.05, 4.69) is 11.4 Å². The molecule has 3 rings (SSSR count). The van der Waals surface area contributed by atoms with Gasteiger partial charge in [0.2, 0.25) is 0 Å². The Balaban J connectivity index is 2.06. The molecular formula is C14H14NO3-. The van der Waals surface area contributed by atoms with Gasteiger partial charge >= 0.3 is 0 Å². The number of ether oxygens (including phenoxy) is 1.